The second kappa shape index (κ2) is 7.26. The second-order valence-corrected chi connectivity index (χ2v) is 5.81. The van der Waals surface area contributed by atoms with Crippen molar-refractivity contribution in [1.29, 1.82) is 0 Å². The van der Waals surface area contributed by atoms with Crippen LogP contribution in [0, 0.1) is 0 Å². The number of nitrogens with two attached hydrogens (primary N) is 1. The zero-order chi connectivity index (χ0) is 16.0. The van der Waals surface area contributed by atoms with Gasteiger partial charge >= 0.3 is 12.0 Å². The molecule has 1 rings (SSSR count). The number of hydrogen-bond acceptors (Lipinski definition) is 4. The van der Waals surface area contributed by atoms with Crippen LogP contribution in [0.15, 0.2) is 0 Å². The van der Waals surface area contributed by atoms with Gasteiger partial charge in [0.25, 0.3) is 0 Å². The van der Waals surface area contributed by atoms with Gasteiger partial charge in [-0.2, -0.15) is 0 Å². The number of urea groups is 1. The van der Waals surface area contributed by atoms with Crippen molar-refractivity contribution in [3.8, 4) is 0 Å². The summed E-state index contributed by atoms with van der Waals surface area (Å²) >= 11 is 0. The van der Waals surface area contributed by atoms with Gasteiger partial charge in [-0.05, 0) is 33.1 Å². The van der Waals surface area contributed by atoms with Gasteiger partial charge in [0.15, 0.2) is 0 Å². The van der Waals surface area contributed by atoms with Gasteiger partial charge in [-0.3, -0.25) is 4.79 Å². The van der Waals surface area contributed by atoms with Gasteiger partial charge in [-0.25, -0.2) is 9.59 Å². The Morgan fingerprint density at radius 3 is 2.62 bits per heavy atom. The first-order valence-corrected chi connectivity index (χ1v) is 6.92. The summed E-state index contributed by atoms with van der Waals surface area (Å²) in [6.45, 7) is 4.42. The molecule has 0 aromatic carbocycles. The molecule has 3 amide bonds. The van der Waals surface area contributed by atoms with E-state index >= 15 is 0 Å². The third kappa shape index (κ3) is 6.44. The predicted molar refractivity (Wildman–Crippen MR) is 74.6 cm³/mol. The lowest BCUT2D eigenvalue weighted by Crippen LogP contribution is -2.52. The molecule has 0 aromatic rings. The van der Waals surface area contributed by atoms with E-state index in [1.807, 2.05) is 13.8 Å². The molecule has 0 spiro atoms. The van der Waals surface area contributed by atoms with E-state index in [0.29, 0.717) is 19.4 Å². The number of primary amides is 1. The molecule has 2 atom stereocenters. The quantitative estimate of drug-likeness (QED) is 0.547. The van der Waals surface area contributed by atoms with E-state index in [1.165, 1.54) is 0 Å². The highest BCUT2D eigenvalue weighted by atomic mass is 16.5. The number of carboxylic acid groups (broad SMARTS) is 1. The first-order valence-electron chi connectivity index (χ1n) is 6.92. The van der Waals surface area contributed by atoms with Crippen molar-refractivity contribution >= 4 is 17.9 Å². The van der Waals surface area contributed by atoms with Crippen LogP contribution in [0.25, 0.3) is 0 Å². The van der Waals surface area contributed by atoms with Gasteiger partial charge in [0.2, 0.25) is 5.91 Å². The van der Waals surface area contributed by atoms with Crippen LogP contribution in [0.5, 0.6) is 0 Å². The van der Waals surface area contributed by atoms with Gasteiger partial charge < -0.3 is 26.2 Å². The standard InChI is InChI=1S/C13H23N3O5/c1-13(2)7-8(5-6-21-13)15-12(20)16-9(11(18)19)3-4-10(14)17/h8-9H,3-7H2,1-2H3,(H2,14,17)(H,18,19)(H2,15,16,20)/t8?,9-/m0/s1. The molecule has 1 aliphatic rings. The molecule has 120 valence electrons. The summed E-state index contributed by atoms with van der Waals surface area (Å²) in [6.07, 6.45) is 1.20. The Hall–Kier alpha value is -1.83. The number of carbonyl (C=O) groups is 3. The van der Waals surface area contributed by atoms with Crippen LogP contribution >= 0.6 is 0 Å². The van der Waals surface area contributed by atoms with Crippen molar-refractivity contribution in [2.75, 3.05) is 6.61 Å². The topological polar surface area (TPSA) is 131 Å². The SMILES string of the molecule is CC1(C)CC(NC(=O)N[C@@H](CCC(N)=O)C(=O)O)CCO1. The fraction of sp³-hybridized carbons (Fsp3) is 0.769. The maximum Gasteiger partial charge on any atom is 0.326 e. The number of carbonyl (C=O) groups excluding carboxylic acids is 2. The van der Waals surface area contributed by atoms with Crippen LogP contribution in [0.4, 0.5) is 4.79 Å². The smallest absolute Gasteiger partial charge is 0.326 e. The van der Waals surface area contributed by atoms with Crippen molar-refractivity contribution in [3.05, 3.63) is 0 Å². The molecule has 1 saturated heterocycles. The third-order valence-electron chi connectivity index (χ3n) is 3.32. The van der Waals surface area contributed by atoms with Gasteiger partial charge in [0, 0.05) is 19.1 Å². The highest BCUT2D eigenvalue weighted by Gasteiger charge is 2.30. The first kappa shape index (κ1) is 17.2. The lowest BCUT2D eigenvalue weighted by Gasteiger charge is -2.35. The molecule has 1 heterocycles. The second-order valence-electron chi connectivity index (χ2n) is 5.81. The Morgan fingerprint density at radius 1 is 1.43 bits per heavy atom. The number of rotatable bonds is 6. The molecule has 1 aliphatic heterocycles. The van der Waals surface area contributed by atoms with E-state index in [0.717, 1.165) is 0 Å². The number of carboxylic acids is 1. The maximum atomic E-state index is 11.8. The van der Waals surface area contributed by atoms with Crippen molar-refractivity contribution < 1.29 is 24.2 Å². The van der Waals surface area contributed by atoms with Gasteiger partial charge in [-0.1, -0.05) is 0 Å². The molecule has 1 fully saturated rings. The van der Waals surface area contributed by atoms with Crippen molar-refractivity contribution in [2.24, 2.45) is 5.73 Å². The van der Waals surface area contributed by atoms with Gasteiger partial charge in [0.1, 0.15) is 6.04 Å². The summed E-state index contributed by atoms with van der Waals surface area (Å²) in [5.74, 6) is -1.80. The van der Waals surface area contributed by atoms with Crippen molar-refractivity contribution in [3.63, 3.8) is 0 Å². The minimum absolute atomic E-state index is 0.0304. The largest absolute Gasteiger partial charge is 0.480 e. The van der Waals surface area contributed by atoms with Crippen LogP contribution in [-0.2, 0) is 14.3 Å². The lowest BCUT2D eigenvalue weighted by atomic mass is 9.94. The molecule has 21 heavy (non-hydrogen) atoms. The minimum atomic E-state index is -1.20. The van der Waals surface area contributed by atoms with Crippen LogP contribution in [-0.4, -0.2) is 47.3 Å². The fourth-order valence-electron chi connectivity index (χ4n) is 2.28. The zero-order valence-electron chi connectivity index (χ0n) is 12.3. The molecular weight excluding hydrogens is 278 g/mol. The van der Waals surface area contributed by atoms with E-state index in [1.54, 1.807) is 0 Å². The first-order chi connectivity index (χ1) is 9.69. The molecule has 0 bridgehead atoms. The molecule has 8 nitrogen and oxygen atoms in total. The summed E-state index contributed by atoms with van der Waals surface area (Å²) < 4.78 is 5.54. The lowest BCUT2D eigenvalue weighted by molar-refractivity contribution is -0.139. The van der Waals surface area contributed by atoms with Crippen molar-refractivity contribution in [2.45, 2.75) is 57.2 Å². The molecule has 0 aliphatic carbocycles. The molecule has 0 aromatic heterocycles. The number of aliphatic carboxylic acids is 1. The summed E-state index contributed by atoms with van der Waals surface area (Å²) in [6, 6.07) is -1.76. The highest BCUT2D eigenvalue weighted by molar-refractivity contribution is 5.83. The Bertz CT molecular complexity index is 411. The Labute approximate surface area is 123 Å². The number of hydrogen-bond donors (Lipinski definition) is 4. The van der Waals surface area contributed by atoms with E-state index < -0.39 is 23.9 Å². The van der Waals surface area contributed by atoms with Crippen LogP contribution < -0.4 is 16.4 Å². The summed E-state index contributed by atoms with van der Waals surface area (Å²) in [4.78, 5) is 33.6. The number of nitrogens with one attached hydrogen (secondary N) is 2. The van der Waals surface area contributed by atoms with Gasteiger partial charge in [-0.15, -0.1) is 0 Å². The Balaban J connectivity index is 2.46. The Morgan fingerprint density at radius 2 is 2.10 bits per heavy atom. The average Bonchev–Trinajstić information content (AvgIpc) is 2.32. The fourth-order valence-corrected chi connectivity index (χ4v) is 2.28. The number of ether oxygens (including phenoxy) is 1. The van der Waals surface area contributed by atoms with E-state index in [2.05, 4.69) is 10.6 Å². The average molecular weight is 301 g/mol. The predicted octanol–water partition coefficient (Wildman–Crippen LogP) is -0.0381. The van der Waals surface area contributed by atoms with Gasteiger partial charge in [0.05, 0.1) is 5.60 Å². The normalized spacial score (nSPS) is 22.1. The van der Waals surface area contributed by atoms with E-state index in [9.17, 15) is 14.4 Å². The molecular formula is C13H23N3O5. The molecule has 8 heteroatoms. The molecule has 0 radical (unpaired) electrons. The van der Waals surface area contributed by atoms with Crippen LogP contribution in [0.1, 0.15) is 39.5 Å². The molecule has 5 N–H and O–H groups in total. The maximum absolute atomic E-state index is 11.8. The van der Waals surface area contributed by atoms with Crippen molar-refractivity contribution in [1.82, 2.24) is 10.6 Å². The highest BCUT2D eigenvalue weighted by Crippen LogP contribution is 2.23. The number of amides is 3. The summed E-state index contributed by atoms with van der Waals surface area (Å²) in [5, 5.41) is 14.1. The third-order valence-corrected chi connectivity index (χ3v) is 3.32. The molecule has 1 unspecified atom stereocenters. The monoisotopic (exact) mass is 301 g/mol. The zero-order valence-corrected chi connectivity index (χ0v) is 12.3. The van der Waals surface area contributed by atoms with E-state index in [-0.39, 0.29) is 24.5 Å². The summed E-state index contributed by atoms with van der Waals surface area (Å²) in [5.41, 5.74) is 4.67. The minimum Gasteiger partial charge on any atom is -0.480 e. The van der Waals surface area contributed by atoms with Crippen LogP contribution in [0.3, 0.4) is 0 Å². The molecule has 0 saturated carbocycles. The summed E-state index contributed by atoms with van der Waals surface area (Å²) in [7, 11) is 0. The Kier molecular flexibility index (Phi) is 5.95. The van der Waals surface area contributed by atoms with E-state index in [4.69, 9.17) is 15.6 Å². The van der Waals surface area contributed by atoms with Crippen LogP contribution in [0.2, 0.25) is 0 Å².